The van der Waals surface area contributed by atoms with E-state index in [4.69, 9.17) is 0 Å². The fraction of sp³-hybridized carbons (Fsp3) is 0.400. The number of benzene rings is 1. The lowest BCUT2D eigenvalue weighted by Crippen LogP contribution is -2.11. The molecule has 1 N–H and O–H groups in total. The number of unbranched alkanes of at least 4 members (excludes halogenated alkanes) is 2. The Hall–Kier alpha value is -2.17. The van der Waals surface area contributed by atoms with Crippen LogP contribution in [-0.2, 0) is 11.3 Å². The maximum atomic E-state index is 11.7. The first-order chi connectivity index (χ1) is 9.78. The second-order valence-electron chi connectivity index (χ2n) is 4.80. The van der Waals surface area contributed by atoms with Gasteiger partial charge in [0.25, 0.3) is 0 Å². The smallest absolute Gasteiger partial charge is 0.224 e. The highest BCUT2D eigenvalue weighted by molar-refractivity contribution is 5.90. The highest BCUT2D eigenvalue weighted by Crippen LogP contribution is 2.11. The minimum atomic E-state index is 0.0856. The summed E-state index contributed by atoms with van der Waals surface area (Å²) in [4.78, 5) is 15.6. The maximum absolute atomic E-state index is 11.7. The topological polar surface area (TPSA) is 59.8 Å². The molecule has 1 aromatic heterocycles. The third-order valence-corrected chi connectivity index (χ3v) is 3.06. The highest BCUT2D eigenvalue weighted by Gasteiger charge is 2.02. The second-order valence-corrected chi connectivity index (χ2v) is 4.80. The number of carbonyl (C=O) groups excluding carboxylic acids is 1. The van der Waals surface area contributed by atoms with Gasteiger partial charge in [-0.1, -0.05) is 31.9 Å². The van der Waals surface area contributed by atoms with Gasteiger partial charge in [-0.3, -0.25) is 4.79 Å². The summed E-state index contributed by atoms with van der Waals surface area (Å²) in [6.07, 6.45) is 6.98. The Morgan fingerprint density at radius 3 is 2.70 bits per heavy atom. The summed E-state index contributed by atoms with van der Waals surface area (Å²) >= 11 is 0. The third kappa shape index (κ3) is 4.50. The minimum absolute atomic E-state index is 0.0856. The summed E-state index contributed by atoms with van der Waals surface area (Å²) in [7, 11) is 0. The van der Waals surface area contributed by atoms with Crippen LogP contribution in [0.5, 0.6) is 0 Å². The standard InChI is InChI=1S/C15H20N4O/c1-2-3-4-5-15(20)18-14-8-6-13(7-9-14)10-19-12-16-11-17-19/h6-9,11-12H,2-5,10H2,1H3,(H,18,20). The van der Waals surface area contributed by atoms with Crippen molar-refractivity contribution in [3.8, 4) is 0 Å². The van der Waals surface area contributed by atoms with Gasteiger partial charge in [0.1, 0.15) is 12.7 Å². The van der Waals surface area contributed by atoms with Crippen LogP contribution < -0.4 is 5.32 Å². The average Bonchev–Trinajstić information content (AvgIpc) is 2.94. The molecule has 0 unspecified atom stereocenters. The monoisotopic (exact) mass is 272 g/mol. The van der Waals surface area contributed by atoms with Gasteiger partial charge in [-0.15, -0.1) is 0 Å². The normalized spacial score (nSPS) is 10.4. The lowest BCUT2D eigenvalue weighted by Gasteiger charge is -2.06. The zero-order chi connectivity index (χ0) is 14.2. The van der Waals surface area contributed by atoms with Crippen LogP contribution in [0.2, 0.25) is 0 Å². The summed E-state index contributed by atoms with van der Waals surface area (Å²) in [5, 5.41) is 6.97. The van der Waals surface area contributed by atoms with Crippen LogP contribution in [0.3, 0.4) is 0 Å². The quantitative estimate of drug-likeness (QED) is 0.788. The molecule has 0 radical (unpaired) electrons. The molecule has 0 saturated heterocycles. The summed E-state index contributed by atoms with van der Waals surface area (Å²) in [6, 6.07) is 7.82. The first-order valence-corrected chi connectivity index (χ1v) is 6.99. The molecule has 5 nitrogen and oxygen atoms in total. The van der Waals surface area contributed by atoms with Crippen molar-refractivity contribution in [2.45, 2.75) is 39.2 Å². The van der Waals surface area contributed by atoms with E-state index in [1.807, 2.05) is 24.3 Å². The zero-order valence-electron chi connectivity index (χ0n) is 11.7. The van der Waals surface area contributed by atoms with Crippen molar-refractivity contribution in [2.75, 3.05) is 5.32 Å². The number of nitrogens with zero attached hydrogens (tertiary/aromatic N) is 3. The van der Waals surface area contributed by atoms with E-state index in [0.29, 0.717) is 13.0 Å². The summed E-state index contributed by atoms with van der Waals surface area (Å²) < 4.78 is 1.76. The van der Waals surface area contributed by atoms with Gasteiger partial charge in [0.2, 0.25) is 5.91 Å². The SMILES string of the molecule is CCCCCC(=O)Nc1ccc(Cn2cncn2)cc1. The van der Waals surface area contributed by atoms with Crippen molar-refractivity contribution in [1.82, 2.24) is 14.8 Å². The first-order valence-electron chi connectivity index (χ1n) is 6.99. The van der Waals surface area contributed by atoms with Crippen LogP contribution in [0.1, 0.15) is 38.2 Å². The molecule has 1 aromatic carbocycles. The van der Waals surface area contributed by atoms with E-state index in [0.717, 1.165) is 30.5 Å². The van der Waals surface area contributed by atoms with Crippen LogP contribution in [0.15, 0.2) is 36.9 Å². The highest BCUT2D eigenvalue weighted by atomic mass is 16.1. The predicted molar refractivity (Wildman–Crippen MR) is 78.3 cm³/mol. The molecule has 0 aliphatic carbocycles. The Morgan fingerprint density at radius 1 is 1.25 bits per heavy atom. The van der Waals surface area contributed by atoms with E-state index in [-0.39, 0.29) is 5.91 Å². The van der Waals surface area contributed by atoms with E-state index in [9.17, 15) is 4.79 Å². The van der Waals surface area contributed by atoms with Crippen molar-refractivity contribution < 1.29 is 4.79 Å². The first kappa shape index (κ1) is 14.2. The van der Waals surface area contributed by atoms with Gasteiger partial charge >= 0.3 is 0 Å². The molecule has 0 aliphatic rings. The Bertz CT molecular complexity index is 519. The Balaban J connectivity index is 1.83. The van der Waals surface area contributed by atoms with Gasteiger partial charge in [-0.05, 0) is 24.1 Å². The number of aromatic nitrogens is 3. The number of hydrogen-bond acceptors (Lipinski definition) is 3. The largest absolute Gasteiger partial charge is 0.326 e. The van der Waals surface area contributed by atoms with Crippen LogP contribution >= 0.6 is 0 Å². The van der Waals surface area contributed by atoms with Gasteiger partial charge < -0.3 is 5.32 Å². The molecule has 1 heterocycles. The van der Waals surface area contributed by atoms with Crippen LogP contribution in [-0.4, -0.2) is 20.7 Å². The summed E-state index contributed by atoms with van der Waals surface area (Å²) in [5.74, 6) is 0.0856. The molecule has 1 amide bonds. The average molecular weight is 272 g/mol. The van der Waals surface area contributed by atoms with E-state index < -0.39 is 0 Å². The Kier molecular flexibility index (Phi) is 5.29. The van der Waals surface area contributed by atoms with Gasteiger partial charge in [0, 0.05) is 12.1 Å². The van der Waals surface area contributed by atoms with Crippen molar-refractivity contribution in [2.24, 2.45) is 0 Å². The van der Waals surface area contributed by atoms with Crippen LogP contribution in [0.25, 0.3) is 0 Å². The molecule has 0 fully saturated rings. The van der Waals surface area contributed by atoms with E-state index >= 15 is 0 Å². The number of anilines is 1. The van der Waals surface area contributed by atoms with Crippen LogP contribution in [0.4, 0.5) is 5.69 Å². The lowest BCUT2D eigenvalue weighted by atomic mass is 10.2. The summed E-state index contributed by atoms with van der Waals surface area (Å²) in [6.45, 7) is 2.82. The molecule has 0 saturated carbocycles. The van der Waals surface area contributed by atoms with Gasteiger partial charge in [-0.25, -0.2) is 9.67 Å². The molecule has 20 heavy (non-hydrogen) atoms. The number of nitrogens with one attached hydrogen (secondary N) is 1. The van der Waals surface area contributed by atoms with Crippen LogP contribution in [0, 0.1) is 0 Å². The fourth-order valence-electron chi connectivity index (χ4n) is 1.95. The number of hydrogen-bond donors (Lipinski definition) is 1. The van der Waals surface area contributed by atoms with Crippen molar-refractivity contribution in [1.29, 1.82) is 0 Å². The van der Waals surface area contributed by atoms with Crippen molar-refractivity contribution in [3.63, 3.8) is 0 Å². The minimum Gasteiger partial charge on any atom is -0.326 e. The predicted octanol–water partition coefficient (Wildman–Crippen LogP) is 2.85. The Morgan fingerprint density at radius 2 is 2.05 bits per heavy atom. The number of amides is 1. The molecule has 106 valence electrons. The Labute approximate surface area is 119 Å². The number of rotatable bonds is 7. The molecule has 2 aromatic rings. The van der Waals surface area contributed by atoms with E-state index in [1.54, 1.807) is 11.0 Å². The second kappa shape index (κ2) is 7.43. The molecule has 2 rings (SSSR count). The van der Waals surface area contributed by atoms with Gasteiger partial charge in [-0.2, -0.15) is 5.10 Å². The number of carbonyl (C=O) groups is 1. The van der Waals surface area contributed by atoms with Gasteiger partial charge in [0.15, 0.2) is 0 Å². The fourth-order valence-corrected chi connectivity index (χ4v) is 1.95. The molecule has 0 bridgehead atoms. The molecule has 0 aliphatic heterocycles. The van der Waals surface area contributed by atoms with E-state index in [1.165, 1.54) is 6.33 Å². The molecule has 0 atom stereocenters. The molecule has 0 spiro atoms. The van der Waals surface area contributed by atoms with E-state index in [2.05, 4.69) is 22.3 Å². The third-order valence-electron chi connectivity index (χ3n) is 3.06. The molecular weight excluding hydrogens is 252 g/mol. The maximum Gasteiger partial charge on any atom is 0.224 e. The molecule has 5 heteroatoms. The van der Waals surface area contributed by atoms with Crippen molar-refractivity contribution in [3.05, 3.63) is 42.5 Å². The lowest BCUT2D eigenvalue weighted by molar-refractivity contribution is -0.116. The van der Waals surface area contributed by atoms with Gasteiger partial charge in [0.05, 0.1) is 6.54 Å². The summed E-state index contributed by atoms with van der Waals surface area (Å²) in [5.41, 5.74) is 1.97. The molecular formula is C15H20N4O. The zero-order valence-corrected chi connectivity index (χ0v) is 11.7. The van der Waals surface area contributed by atoms with Crippen molar-refractivity contribution >= 4 is 11.6 Å².